The molecular weight excluding hydrogens is 262 g/mol. The van der Waals surface area contributed by atoms with Crippen LogP contribution in [0.4, 0.5) is 0 Å². The van der Waals surface area contributed by atoms with Gasteiger partial charge in [-0.15, -0.1) is 0 Å². The van der Waals surface area contributed by atoms with E-state index in [1.54, 1.807) is 54.6 Å². The molecule has 0 heterocycles. The summed E-state index contributed by atoms with van der Waals surface area (Å²) in [6.45, 7) is 0. The summed E-state index contributed by atoms with van der Waals surface area (Å²) in [7, 11) is 0. The molecule has 2 aromatic rings. The Labute approximate surface area is 116 Å². The summed E-state index contributed by atoms with van der Waals surface area (Å²) in [6, 6.07) is 17.2. The van der Waals surface area contributed by atoms with E-state index in [0.717, 1.165) is 0 Å². The lowest BCUT2D eigenvalue weighted by Gasteiger charge is -2.12. The molecule has 4 heteroatoms. The minimum absolute atomic E-state index is 0.398. The molecule has 0 spiro atoms. The summed E-state index contributed by atoms with van der Waals surface area (Å²) < 4.78 is 5.17. The van der Waals surface area contributed by atoms with Crippen LogP contribution in [-0.2, 0) is 4.74 Å². The predicted octanol–water partition coefficient (Wildman–Crippen LogP) is 3.76. The van der Waals surface area contributed by atoms with Crippen molar-refractivity contribution in [1.29, 1.82) is 5.26 Å². The molecule has 0 saturated carbocycles. The fourth-order valence-electron chi connectivity index (χ4n) is 1.60. The number of halogens is 1. The number of hydrogen-bond acceptors (Lipinski definition) is 3. The molecule has 1 unspecified atom stereocenters. The lowest BCUT2D eigenvalue weighted by molar-refractivity contribution is 0.0404. The van der Waals surface area contributed by atoms with Crippen LogP contribution in [0.3, 0.4) is 0 Å². The van der Waals surface area contributed by atoms with E-state index in [1.165, 1.54) is 0 Å². The van der Waals surface area contributed by atoms with Crippen molar-refractivity contribution in [3.8, 4) is 6.07 Å². The summed E-state index contributed by atoms with van der Waals surface area (Å²) in [4.78, 5) is 11.9. The fraction of sp³-hybridized carbons (Fsp3) is 0.0667. The zero-order valence-corrected chi connectivity index (χ0v) is 10.7. The topological polar surface area (TPSA) is 50.1 Å². The molecular formula is C15H10ClNO2. The summed E-state index contributed by atoms with van der Waals surface area (Å²) >= 11 is 5.98. The SMILES string of the molecule is N#CC(OC(=O)c1ccccc1)c1ccccc1Cl. The van der Waals surface area contributed by atoms with Crippen LogP contribution in [0.1, 0.15) is 22.0 Å². The van der Waals surface area contributed by atoms with E-state index in [-0.39, 0.29) is 0 Å². The lowest BCUT2D eigenvalue weighted by atomic mass is 10.1. The Morgan fingerprint density at radius 3 is 2.37 bits per heavy atom. The summed E-state index contributed by atoms with van der Waals surface area (Å²) in [5.41, 5.74) is 0.880. The number of benzene rings is 2. The highest BCUT2D eigenvalue weighted by Gasteiger charge is 2.19. The van der Waals surface area contributed by atoms with Gasteiger partial charge in [0.2, 0.25) is 6.10 Å². The molecule has 2 aromatic carbocycles. The number of nitriles is 1. The molecule has 0 aliphatic rings. The Bertz CT molecular complexity index is 620. The first-order chi connectivity index (χ1) is 9.22. The van der Waals surface area contributed by atoms with E-state index in [0.29, 0.717) is 16.1 Å². The quantitative estimate of drug-likeness (QED) is 0.799. The largest absolute Gasteiger partial charge is 0.438 e. The van der Waals surface area contributed by atoms with E-state index in [1.807, 2.05) is 6.07 Å². The average molecular weight is 272 g/mol. The van der Waals surface area contributed by atoms with Crippen LogP contribution in [0.25, 0.3) is 0 Å². The zero-order valence-electron chi connectivity index (χ0n) is 9.92. The Kier molecular flexibility index (Phi) is 4.17. The molecule has 19 heavy (non-hydrogen) atoms. The summed E-state index contributed by atoms with van der Waals surface area (Å²) in [5, 5.41) is 9.51. The van der Waals surface area contributed by atoms with Gasteiger partial charge in [0.25, 0.3) is 0 Å². The second-order valence-corrected chi connectivity index (χ2v) is 4.21. The van der Waals surface area contributed by atoms with Crippen molar-refractivity contribution < 1.29 is 9.53 Å². The van der Waals surface area contributed by atoms with Gasteiger partial charge in [-0.1, -0.05) is 48.0 Å². The van der Waals surface area contributed by atoms with Gasteiger partial charge in [0.05, 0.1) is 5.56 Å². The fourth-order valence-corrected chi connectivity index (χ4v) is 1.83. The smallest absolute Gasteiger partial charge is 0.339 e. The van der Waals surface area contributed by atoms with Gasteiger partial charge in [-0.05, 0) is 18.2 Å². The van der Waals surface area contributed by atoms with Gasteiger partial charge in [0.1, 0.15) is 6.07 Å². The molecule has 0 aliphatic carbocycles. The second kappa shape index (κ2) is 6.03. The van der Waals surface area contributed by atoms with Crippen LogP contribution >= 0.6 is 11.6 Å². The third-order valence-electron chi connectivity index (χ3n) is 2.54. The molecule has 0 N–H and O–H groups in total. The molecule has 0 amide bonds. The molecule has 0 bridgehead atoms. The Morgan fingerprint density at radius 2 is 1.74 bits per heavy atom. The summed E-state index contributed by atoms with van der Waals surface area (Å²) in [5.74, 6) is -0.549. The monoisotopic (exact) mass is 271 g/mol. The Morgan fingerprint density at radius 1 is 1.11 bits per heavy atom. The minimum Gasteiger partial charge on any atom is -0.438 e. The molecule has 0 fully saturated rings. The molecule has 3 nitrogen and oxygen atoms in total. The van der Waals surface area contributed by atoms with Gasteiger partial charge in [-0.2, -0.15) is 5.26 Å². The molecule has 0 radical (unpaired) electrons. The molecule has 0 aliphatic heterocycles. The van der Waals surface area contributed by atoms with Crippen LogP contribution in [0.2, 0.25) is 5.02 Å². The van der Waals surface area contributed by atoms with Gasteiger partial charge >= 0.3 is 5.97 Å². The number of hydrogen-bond donors (Lipinski definition) is 0. The predicted molar refractivity (Wildman–Crippen MR) is 71.7 cm³/mol. The highest BCUT2D eigenvalue weighted by atomic mass is 35.5. The van der Waals surface area contributed by atoms with Gasteiger partial charge in [0.15, 0.2) is 0 Å². The highest BCUT2D eigenvalue weighted by molar-refractivity contribution is 6.31. The highest BCUT2D eigenvalue weighted by Crippen LogP contribution is 2.25. The first kappa shape index (κ1) is 13.1. The van der Waals surface area contributed by atoms with Crippen molar-refractivity contribution in [3.05, 3.63) is 70.7 Å². The molecule has 2 rings (SSSR count). The van der Waals surface area contributed by atoms with Crippen molar-refractivity contribution in [2.24, 2.45) is 0 Å². The van der Waals surface area contributed by atoms with Crippen LogP contribution in [0.15, 0.2) is 54.6 Å². The first-order valence-corrected chi connectivity index (χ1v) is 6.00. The second-order valence-electron chi connectivity index (χ2n) is 3.80. The maximum absolute atomic E-state index is 11.9. The molecule has 1 atom stereocenters. The van der Waals surface area contributed by atoms with Crippen LogP contribution in [-0.4, -0.2) is 5.97 Å². The van der Waals surface area contributed by atoms with Crippen LogP contribution < -0.4 is 0 Å². The van der Waals surface area contributed by atoms with Crippen molar-refractivity contribution in [2.45, 2.75) is 6.10 Å². The number of esters is 1. The average Bonchev–Trinajstić information content (AvgIpc) is 2.46. The Balaban J connectivity index is 2.20. The van der Waals surface area contributed by atoms with E-state index in [4.69, 9.17) is 21.6 Å². The van der Waals surface area contributed by atoms with E-state index >= 15 is 0 Å². The van der Waals surface area contributed by atoms with Gasteiger partial charge in [-0.25, -0.2) is 4.79 Å². The maximum Gasteiger partial charge on any atom is 0.339 e. The van der Waals surface area contributed by atoms with E-state index < -0.39 is 12.1 Å². The van der Waals surface area contributed by atoms with Crippen LogP contribution in [0.5, 0.6) is 0 Å². The number of carbonyl (C=O) groups is 1. The van der Waals surface area contributed by atoms with Crippen molar-refractivity contribution in [1.82, 2.24) is 0 Å². The zero-order chi connectivity index (χ0) is 13.7. The molecule has 0 aromatic heterocycles. The number of nitrogens with zero attached hydrogens (tertiary/aromatic N) is 1. The minimum atomic E-state index is -1.01. The van der Waals surface area contributed by atoms with Crippen molar-refractivity contribution >= 4 is 17.6 Å². The van der Waals surface area contributed by atoms with Gasteiger partial charge < -0.3 is 4.74 Å². The van der Waals surface area contributed by atoms with Crippen molar-refractivity contribution in [3.63, 3.8) is 0 Å². The van der Waals surface area contributed by atoms with E-state index in [9.17, 15) is 4.79 Å². The maximum atomic E-state index is 11.9. The molecule has 94 valence electrons. The number of ether oxygens (including phenoxy) is 1. The third kappa shape index (κ3) is 3.12. The van der Waals surface area contributed by atoms with E-state index in [2.05, 4.69) is 0 Å². The van der Waals surface area contributed by atoms with Gasteiger partial charge in [0, 0.05) is 10.6 Å². The standard InChI is InChI=1S/C15H10ClNO2/c16-13-9-5-4-8-12(13)14(10-17)19-15(18)11-6-2-1-3-7-11/h1-9,14H. The Hall–Kier alpha value is -2.31. The normalized spacial score (nSPS) is 11.4. The van der Waals surface area contributed by atoms with Crippen LogP contribution in [0, 0.1) is 11.3 Å². The number of rotatable bonds is 3. The lowest BCUT2D eigenvalue weighted by Crippen LogP contribution is -2.10. The van der Waals surface area contributed by atoms with Crippen molar-refractivity contribution in [2.75, 3.05) is 0 Å². The number of carbonyl (C=O) groups excluding carboxylic acids is 1. The molecule has 0 saturated heterocycles. The first-order valence-electron chi connectivity index (χ1n) is 5.62. The summed E-state index contributed by atoms with van der Waals surface area (Å²) in [6.07, 6.45) is -1.01. The third-order valence-corrected chi connectivity index (χ3v) is 2.88. The van der Waals surface area contributed by atoms with Gasteiger partial charge in [-0.3, -0.25) is 0 Å².